The monoisotopic (exact) mass is 477 g/mol. The van der Waals surface area contributed by atoms with Crippen molar-refractivity contribution in [1.29, 1.82) is 0 Å². The molecule has 184 valence electrons. The molecular weight excluding hydrogens is 446 g/mol. The van der Waals surface area contributed by atoms with Gasteiger partial charge in [0.25, 0.3) is 11.8 Å². The Morgan fingerprint density at radius 1 is 1.03 bits per heavy atom. The van der Waals surface area contributed by atoms with Crippen molar-refractivity contribution >= 4 is 17.7 Å². The molecule has 0 saturated carbocycles. The molecule has 1 fully saturated rings. The zero-order chi connectivity index (χ0) is 24.7. The summed E-state index contributed by atoms with van der Waals surface area (Å²) in [5, 5.41) is 5.76. The minimum Gasteiger partial charge on any atom is -0.483 e. The Bertz CT molecular complexity index is 1090. The number of rotatable bonds is 1. The highest BCUT2D eigenvalue weighted by atomic mass is 16.5. The van der Waals surface area contributed by atoms with E-state index in [2.05, 4.69) is 20.6 Å². The number of carbonyl (C=O) groups excluding carboxylic acids is 3. The maximum atomic E-state index is 13.3. The van der Waals surface area contributed by atoms with Crippen molar-refractivity contribution in [2.24, 2.45) is 5.41 Å². The molecule has 3 amide bonds. The summed E-state index contributed by atoms with van der Waals surface area (Å²) in [7, 11) is 0. The lowest BCUT2D eigenvalue weighted by Gasteiger charge is -2.40. The number of nitrogens with zero attached hydrogens (tertiary/aromatic N) is 3. The molecule has 9 heteroatoms. The van der Waals surface area contributed by atoms with Crippen LogP contribution in [-0.2, 0) is 16.0 Å². The fourth-order valence-electron chi connectivity index (χ4n) is 4.42. The van der Waals surface area contributed by atoms with Gasteiger partial charge in [0.1, 0.15) is 11.4 Å². The fourth-order valence-corrected chi connectivity index (χ4v) is 4.42. The van der Waals surface area contributed by atoms with Crippen LogP contribution in [0.15, 0.2) is 48.8 Å². The van der Waals surface area contributed by atoms with Crippen molar-refractivity contribution in [2.75, 3.05) is 32.8 Å². The molecule has 2 N–H and O–H groups in total. The molecule has 0 bridgehead atoms. The summed E-state index contributed by atoms with van der Waals surface area (Å²) in [5.74, 6) is 0.224. The molecule has 2 aliphatic heterocycles. The molecule has 1 aromatic heterocycles. The Labute approximate surface area is 205 Å². The van der Waals surface area contributed by atoms with Gasteiger partial charge in [-0.15, -0.1) is 0 Å². The Morgan fingerprint density at radius 3 is 2.57 bits per heavy atom. The van der Waals surface area contributed by atoms with Gasteiger partial charge in [-0.2, -0.15) is 0 Å². The zero-order valence-corrected chi connectivity index (χ0v) is 20.0. The summed E-state index contributed by atoms with van der Waals surface area (Å²) in [4.78, 5) is 48.4. The third-order valence-corrected chi connectivity index (χ3v) is 6.57. The van der Waals surface area contributed by atoms with Gasteiger partial charge < -0.3 is 20.3 Å². The number of amides is 3. The van der Waals surface area contributed by atoms with Crippen LogP contribution < -0.4 is 15.4 Å². The number of likely N-dealkylation sites (tertiary alicyclic amines) is 1. The molecule has 9 nitrogen and oxygen atoms in total. The van der Waals surface area contributed by atoms with Gasteiger partial charge in [-0.3, -0.25) is 19.4 Å². The van der Waals surface area contributed by atoms with Crippen molar-refractivity contribution in [1.82, 2.24) is 25.5 Å². The number of para-hydroxylation sites is 1. The molecule has 0 atom stereocenters. The summed E-state index contributed by atoms with van der Waals surface area (Å²) < 4.78 is 5.70. The quantitative estimate of drug-likeness (QED) is 0.606. The highest BCUT2D eigenvalue weighted by Gasteiger charge is 2.41. The standard InChI is InChI=1S/C26H31N5O4/c1-19-16-30-21(17-29-19)24(33)31-14-10-26(11-15-31)9-5-4-7-20-6-2-3-8-22(20)35-18-23(32)27-12-13-28-25(26)34/h2-6,8,16-17H,7,9-15,18H2,1H3,(H,27,32)(H,28,34)/b5-4+. The first-order valence-corrected chi connectivity index (χ1v) is 12.0. The lowest BCUT2D eigenvalue weighted by atomic mass is 9.74. The lowest BCUT2D eigenvalue weighted by molar-refractivity contribution is -0.133. The Balaban J connectivity index is 1.48. The molecular formula is C26H31N5O4. The third-order valence-electron chi connectivity index (χ3n) is 6.57. The highest BCUT2D eigenvalue weighted by Crippen LogP contribution is 2.36. The average molecular weight is 478 g/mol. The molecule has 1 spiro atoms. The van der Waals surface area contributed by atoms with Crippen LogP contribution >= 0.6 is 0 Å². The summed E-state index contributed by atoms with van der Waals surface area (Å²) in [6, 6.07) is 7.64. The molecule has 3 heterocycles. The van der Waals surface area contributed by atoms with Gasteiger partial charge in [0.15, 0.2) is 6.61 Å². The lowest BCUT2D eigenvalue weighted by Crippen LogP contribution is -2.51. The number of aryl methyl sites for hydroxylation is 1. The minimum absolute atomic E-state index is 0.0508. The van der Waals surface area contributed by atoms with E-state index in [0.717, 1.165) is 11.3 Å². The van der Waals surface area contributed by atoms with Crippen molar-refractivity contribution in [3.63, 3.8) is 0 Å². The highest BCUT2D eigenvalue weighted by molar-refractivity contribution is 5.92. The molecule has 0 aliphatic carbocycles. The SMILES string of the molecule is Cc1cnc(C(=O)N2CCC3(C/C=C/Cc4ccccc4OCC(=O)NCCNC3=O)CC2)cn1. The van der Waals surface area contributed by atoms with Gasteiger partial charge in [-0.05, 0) is 44.2 Å². The number of fused-ring (bicyclic) bond motifs is 1. The van der Waals surface area contributed by atoms with Gasteiger partial charge in [0.2, 0.25) is 5.91 Å². The minimum atomic E-state index is -0.619. The van der Waals surface area contributed by atoms with E-state index < -0.39 is 5.41 Å². The van der Waals surface area contributed by atoms with Gasteiger partial charge in [0, 0.05) is 32.4 Å². The Kier molecular flexibility index (Phi) is 7.74. The second-order valence-corrected chi connectivity index (χ2v) is 9.00. The van der Waals surface area contributed by atoms with Crippen LogP contribution in [0, 0.1) is 12.3 Å². The predicted molar refractivity (Wildman–Crippen MR) is 130 cm³/mol. The van der Waals surface area contributed by atoms with E-state index in [9.17, 15) is 14.4 Å². The van der Waals surface area contributed by atoms with Crippen LogP contribution in [-0.4, -0.2) is 65.4 Å². The number of benzene rings is 1. The van der Waals surface area contributed by atoms with Crippen LogP contribution in [0.25, 0.3) is 0 Å². The number of nitrogens with one attached hydrogen (secondary N) is 2. The van der Waals surface area contributed by atoms with E-state index in [1.54, 1.807) is 11.1 Å². The Hall–Kier alpha value is -3.75. The third kappa shape index (κ3) is 6.03. The number of piperidine rings is 1. The molecule has 4 rings (SSSR count). The number of carbonyl (C=O) groups is 3. The van der Waals surface area contributed by atoms with Gasteiger partial charge in [0.05, 0.1) is 17.3 Å². The van der Waals surface area contributed by atoms with Crippen LogP contribution in [0.4, 0.5) is 0 Å². The first kappa shape index (κ1) is 24.4. The smallest absolute Gasteiger partial charge is 0.274 e. The molecule has 1 saturated heterocycles. The summed E-state index contributed by atoms with van der Waals surface area (Å²) in [6.07, 6.45) is 9.45. The zero-order valence-electron chi connectivity index (χ0n) is 20.0. The number of hydrogen-bond donors (Lipinski definition) is 2. The molecule has 0 radical (unpaired) electrons. The van der Waals surface area contributed by atoms with Gasteiger partial charge >= 0.3 is 0 Å². The van der Waals surface area contributed by atoms with E-state index in [0.29, 0.717) is 63.3 Å². The van der Waals surface area contributed by atoms with E-state index in [1.807, 2.05) is 43.3 Å². The van der Waals surface area contributed by atoms with Gasteiger partial charge in [-0.1, -0.05) is 30.4 Å². The number of allylic oxidation sites excluding steroid dienone is 2. The second kappa shape index (κ2) is 11.1. The van der Waals surface area contributed by atoms with Crippen molar-refractivity contribution in [2.45, 2.75) is 32.6 Å². The first-order valence-electron chi connectivity index (χ1n) is 12.0. The maximum absolute atomic E-state index is 13.3. The summed E-state index contributed by atoms with van der Waals surface area (Å²) in [6.45, 7) is 3.32. The number of aromatic nitrogens is 2. The van der Waals surface area contributed by atoms with Crippen molar-refractivity contribution < 1.29 is 19.1 Å². The van der Waals surface area contributed by atoms with Crippen molar-refractivity contribution in [3.8, 4) is 5.75 Å². The molecule has 0 unspecified atom stereocenters. The number of ether oxygens (including phenoxy) is 1. The van der Waals surface area contributed by atoms with E-state index >= 15 is 0 Å². The number of hydrogen-bond acceptors (Lipinski definition) is 6. The van der Waals surface area contributed by atoms with Gasteiger partial charge in [-0.25, -0.2) is 4.98 Å². The molecule has 2 aromatic rings. The van der Waals surface area contributed by atoms with Crippen LogP contribution in [0.3, 0.4) is 0 Å². The van der Waals surface area contributed by atoms with Crippen LogP contribution in [0.5, 0.6) is 5.75 Å². The molecule has 35 heavy (non-hydrogen) atoms. The van der Waals surface area contributed by atoms with E-state index in [4.69, 9.17) is 4.74 Å². The first-order chi connectivity index (χ1) is 17.0. The normalized spacial score (nSPS) is 19.9. The van der Waals surface area contributed by atoms with E-state index in [1.165, 1.54) is 6.20 Å². The van der Waals surface area contributed by atoms with Crippen LogP contribution in [0.2, 0.25) is 0 Å². The van der Waals surface area contributed by atoms with Crippen LogP contribution in [0.1, 0.15) is 41.0 Å². The average Bonchev–Trinajstić information content (AvgIpc) is 2.88. The van der Waals surface area contributed by atoms with E-state index in [-0.39, 0.29) is 24.3 Å². The summed E-state index contributed by atoms with van der Waals surface area (Å²) in [5.41, 5.74) is 1.43. The second-order valence-electron chi connectivity index (χ2n) is 9.00. The fraction of sp³-hybridized carbons (Fsp3) is 0.423. The largest absolute Gasteiger partial charge is 0.483 e. The maximum Gasteiger partial charge on any atom is 0.274 e. The molecule has 2 aliphatic rings. The predicted octanol–water partition coefficient (Wildman–Crippen LogP) is 1.82. The molecule has 1 aromatic carbocycles. The topological polar surface area (TPSA) is 114 Å². The summed E-state index contributed by atoms with van der Waals surface area (Å²) >= 11 is 0. The van der Waals surface area contributed by atoms with Crippen molar-refractivity contribution in [3.05, 3.63) is 65.8 Å². The Morgan fingerprint density at radius 2 is 1.80 bits per heavy atom.